The minimum Gasteiger partial charge on any atom is -0.387 e. The number of pyridine rings is 1. The Balaban J connectivity index is 1.86. The topological polar surface area (TPSA) is 78.0 Å². The quantitative estimate of drug-likeness (QED) is 0.518. The van der Waals surface area contributed by atoms with Gasteiger partial charge >= 0.3 is 0 Å². The van der Waals surface area contributed by atoms with Crippen LogP contribution in [-0.2, 0) is 11.5 Å². The van der Waals surface area contributed by atoms with Crippen molar-refractivity contribution in [3.8, 4) is 5.69 Å². The largest absolute Gasteiger partial charge is 0.387 e. The van der Waals surface area contributed by atoms with Gasteiger partial charge in [-0.15, -0.1) is 0 Å². The second kappa shape index (κ2) is 7.07. The maximum atomic E-state index is 10.1. The highest BCUT2D eigenvalue weighted by atomic mass is 28.3. The van der Waals surface area contributed by atoms with Crippen molar-refractivity contribution >= 4 is 19.1 Å². The monoisotopic (exact) mass is 359 g/mol. The van der Waals surface area contributed by atoms with Crippen LogP contribution < -0.4 is 0 Å². The van der Waals surface area contributed by atoms with Gasteiger partial charge in [0.2, 0.25) is 0 Å². The molecule has 0 aliphatic heterocycles. The molecule has 3 aromatic rings. The van der Waals surface area contributed by atoms with E-state index in [-0.39, 0.29) is 0 Å². The van der Waals surface area contributed by atoms with Gasteiger partial charge in [-0.25, -0.2) is 14.3 Å². The Labute approximate surface area is 148 Å². The van der Waals surface area contributed by atoms with E-state index in [0.717, 1.165) is 23.7 Å². The van der Waals surface area contributed by atoms with Crippen LogP contribution in [0.15, 0.2) is 30.7 Å². The van der Waals surface area contributed by atoms with Gasteiger partial charge in [0.05, 0.1) is 23.7 Å². The highest BCUT2D eigenvalue weighted by molar-refractivity contribution is 6.76. The molecule has 0 bridgehead atoms. The fourth-order valence-corrected chi connectivity index (χ4v) is 3.29. The van der Waals surface area contributed by atoms with Crippen molar-refractivity contribution in [2.45, 2.75) is 45.4 Å². The van der Waals surface area contributed by atoms with Crippen molar-refractivity contribution in [3.63, 3.8) is 0 Å². The zero-order valence-corrected chi connectivity index (χ0v) is 16.2. The first kappa shape index (κ1) is 17.8. The van der Waals surface area contributed by atoms with Gasteiger partial charge in [0.15, 0.2) is 5.65 Å². The number of aliphatic hydroxyl groups excluding tert-OH is 1. The van der Waals surface area contributed by atoms with E-state index in [9.17, 15) is 5.11 Å². The smallest absolute Gasteiger partial charge is 0.160 e. The molecular weight excluding hydrogens is 334 g/mol. The molecule has 0 aliphatic rings. The van der Waals surface area contributed by atoms with Crippen LogP contribution in [0.5, 0.6) is 0 Å². The number of aliphatic hydroxyl groups is 1. The number of nitrogens with zero attached hydrogens (tertiary/aromatic N) is 5. The molecule has 1 N–H and O–H groups in total. The van der Waals surface area contributed by atoms with Crippen molar-refractivity contribution in [2.75, 3.05) is 6.61 Å². The molecule has 0 saturated heterocycles. The van der Waals surface area contributed by atoms with Crippen LogP contribution in [0.4, 0.5) is 0 Å². The van der Waals surface area contributed by atoms with Crippen molar-refractivity contribution in [3.05, 3.63) is 36.4 Å². The third-order valence-electron chi connectivity index (χ3n) is 3.98. The van der Waals surface area contributed by atoms with Crippen LogP contribution in [-0.4, -0.2) is 44.3 Å². The van der Waals surface area contributed by atoms with Crippen molar-refractivity contribution in [2.24, 2.45) is 0 Å². The molecule has 0 aromatic carbocycles. The average Bonchev–Trinajstić information content (AvgIpc) is 3.19. The number of ether oxygens (including phenoxy) is 1. The molecule has 0 spiro atoms. The minimum absolute atomic E-state index is 0.362. The highest BCUT2D eigenvalue weighted by Crippen LogP contribution is 2.24. The first-order valence-corrected chi connectivity index (χ1v) is 12.2. The standard InChI is InChI=1S/C17H25N5O2Si/c1-13(23)16-15(21-7-5-6-18-21)10-14-11-19-22(17(14)20-16)12-24-8-9-25(2,3)4/h5-7,10-11,13,23H,8-9,12H2,1-4H3/t13-/m1/s1. The van der Waals surface area contributed by atoms with Gasteiger partial charge in [0.25, 0.3) is 0 Å². The zero-order valence-electron chi connectivity index (χ0n) is 15.2. The third-order valence-corrected chi connectivity index (χ3v) is 5.68. The van der Waals surface area contributed by atoms with Crippen molar-refractivity contribution < 1.29 is 9.84 Å². The summed E-state index contributed by atoms with van der Waals surface area (Å²) in [5.41, 5.74) is 2.03. The van der Waals surface area contributed by atoms with Crippen LogP contribution in [0.3, 0.4) is 0 Å². The summed E-state index contributed by atoms with van der Waals surface area (Å²) in [4.78, 5) is 4.64. The molecule has 3 aromatic heterocycles. The van der Waals surface area contributed by atoms with Gasteiger partial charge in [0, 0.05) is 32.5 Å². The van der Waals surface area contributed by atoms with E-state index in [1.165, 1.54) is 0 Å². The number of hydrogen-bond acceptors (Lipinski definition) is 5. The summed E-state index contributed by atoms with van der Waals surface area (Å²) >= 11 is 0. The lowest BCUT2D eigenvalue weighted by Crippen LogP contribution is -2.22. The van der Waals surface area contributed by atoms with Crippen LogP contribution in [0, 0.1) is 0 Å². The number of rotatable bonds is 7. The summed E-state index contributed by atoms with van der Waals surface area (Å²) in [6, 6.07) is 4.90. The van der Waals surface area contributed by atoms with Gasteiger partial charge in [-0.3, -0.25) is 0 Å². The lowest BCUT2D eigenvalue weighted by Gasteiger charge is -2.15. The SMILES string of the molecule is C[C@@H](O)c1nc2c(cnn2COCC[Si](C)(C)C)cc1-n1cccn1. The van der Waals surface area contributed by atoms with Gasteiger partial charge in [0.1, 0.15) is 6.73 Å². The second-order valence-corrected chi connectivity index (χ2v) is 13.0. The molecule has 7 nitrogen and oxygen atoms in total. The Kier molecular flexibility index (Phi) is 5.03. The Hall–Kier alpha value is -2.03. The predicted molar refractivity (Wildman–Crippen MR) is 99.4 cm³/mol. The first-order valence-electron chi connectivity index (χ1n) is 8.47. The van der Waals surface area contributed by atoms with E-state index in [1.54, 1.807) is 28.7 Å². The first-order chi connectivity index (χ1) is 11.8. The maximum absolute atomic E-state index is 10.1. The van der Waals surface area contributed by atoms with Crippen molar-refractivity contribution in [1.29, 1.82) is 0 Å². The van der Waals surface area contributed by atoms with E-state index in [4.69, 9.17) is 4.74 Å². The van der Waals surface area contributed by atoms with E-state index >= 15 is 0 Å². The molecule has 1 atom stereocenters. The summed E-state index contributed by atoms with van der Waals surface area (Å²) in [7, 11) is -1.11. The van der Waals surface area contributed by atoms with Gasteiger partial charge in [-0.05, 0) is 25.1 Å². The normalized spacial score (nSPS) is 13.5. The van der Waals surface area contributed by atoms with Crippen LogP contribution >= 0.6 is 0 Å². The Bertz CT molecular complexity index is 837. The molecule has 3 heterocycles. The Morgan fingerprint density at radius 2 is 2.08 bits per heavy atom. The second-order valence-electron chi connectivity index (χ2n) is 7.42. The molecule has 0 unspecified atom stereocenters. The number of hydrogen-bond donors (Lipinski definition) is 1. The highest BCUT2D eigenvalue weighted by Gasteiger charge is 2.17. The third kappa shape index (κ3) is 4.14. The Morgan fingerprint density at radius 1 is 1.28 bits per heavy atom. The predicted octanol–water partition coefficient (Wildman–Crippen LogP) is 2.98. The number of aromatic nitrogens is 5. The van der Waals surface area contributed by atoms with Crippen LogP contribution in [0.2, 0.25) is 25.7 Å². The molecular formula is C17H25N5O2Si. The molecule has 0 fully saturated rings. The minimum atomic E-state index is -1.11. The number of fused-ring (bicyclic) bond motifs is 1. The molecule has 3 rings (SSSR count). The summed E-state index contributed by atoms with van der Waals surface area (Å²) in [6.07, 6.45) is 4.59. The van der Waals surface area contributed by atoms with Crippen molar-refractivity contribution in [1.82, 2.24) is 24.5 Å². The fraction of sp³-hybridized carbons (Fsp3) is 0.471. The van der Waals surface area contributed by atoms with E-state index in [0.29, 0.717) is 18.1 Å². The fourth-order valence-electron chi connectivity index (χ4n) is 2.54. The lowest BCUT2D eigenvalue weighted by molar-refractivity contribution is 0.0812. The van der Waals surface area contributed by atoms with Crippen LogP contribution in [0.25, 0.3) is 16.7 Å². The summed E-state index contributed by atoms with van der Waals surface area (Å²) in [5.74, 6) is 0. The van der Waals surface area contributed by atoms with Gasteiger partial charge < -0.3 is 9.84 Å². The summed E-state index contributed by atoms with van der Waals surface area (Å²) in [6.45, 7) is 9.77. The molecule has 0 radical (unpaired) electrons. The van der Waals surface area contributed by atoms with Crippen LogP contribution in [0.1, 0.15) is 18.7 Å². The van der Waals surface area contributed by atoms with E-state index in [2.05, 4.69) is 34.8 Å². The molecule has 134 valence electrons. The molecule has 8 heteroatoms. The molecule has 0 saturated carbocycles. The zero-order chi connectivity index (χ0) is 18.0. The summed E-state index contributed by atoms with van der Waals surface area (Å²) in [5, 5.41) is 19.7. The maximum Gasteiger partial charge on any atom is 0.160 e. The molecule has 0 aliphatic carbocycles. The Morgan fingerprint density at radius 3 is 2.72 bits per heavy atom. The average molecular weight is 360 g/mol. The molecule has 0 amide bonds. The van der Waals surface area contributed by atoms with E-state index in [1.807, 2.05) is 18.3 Å². The van der Waals surface area contributed by atoms with Gasteiger partial charge in [-0.1, -0.05) is 19.6 Å². The molecule has 25 heavy (non-hydrogen) atoms. The van der Waals surface area contributed by atoms with E-state index < -0.39 is 14.2 Å². The summed E-state index contributed by atoms with van der Waals surface area (Å²) < 4.78 is 9.22. The van der Waals surface area contributed by atoms with Gasteiger partial charge in [-0.2, -0.15) is 10.2 Å². The lowest BCUT2D eigenvalue weighted by atomic mass is 10.2.